The van der Waals surface area contributed by atoms with Gasteiger partial charge in [0.2, 0.25) is 11.6 Å². The zero-order valence-corrected chi connectivity index (χ0v) is 10.2. The Morgan fingerprint density at radius 3 is 2.47 bits per heavy atom. The Morgan fingerprint density at radius 1 is 1.29 bits per heavy atom. The summed E-state index contributed by atoms with van der Waals surface area (Å²) >= 11 is 0. The summed E-state index contributed by atoms with van der Waals surface area (Å²) in [5.74, 6) is -1.25. The number of hydrogen-bond donors (Lipinski definition) is 0. The number of carbonyl (C=O) groups is 2. The van der Waals surface area contributed by atoms with E-state index in [0.29, 0.717) is 17.8 Å². The summed E-state index contributed by atoms with van der Waals surface area (Å²) in [6, 6.07) is 0. The van der Waals surface area contributed by atoms with Gasteiger partial charge in [0.05, 0.1) is 6.26 Å². The summed E-state index contributed by atoms with van der Waals surface area (Å²) in [5.41, 5.74) is 0.991. The first kappa shape index (κ1) is 12.0. The standard InChI is InChI=1S/C10H11NO5S/c1-11-5-10(16-17(2,14)15)6-3-8(12)9(13)4-7(6)11/h3-4,10H,5H2,1-2H3. The summed E-state index contributed by atoms with van der Waals surface area (Å²) in [6.07, 6.45) is 2.59. The smallest absolute Gasteiger partial charge is 0.265 e. The fourth-order valence-corrected chi connectivity index (χ4v) is 2.48. The van der Waals surface area contributed by atoms with E-state index in [2.05, 4.69) is 0 Å². The Bertz CT molecular complexity index is 557. The maximum atomic E-state index is 11.3. The van der Waals surface area contributed by atoms with Crippen molar-refractivity contribution >= 4 is 21.7 Å². The van der Waals surface area contributed by atoms with Crippen LogP contribution in [-0.4, -0.2) is 50.8 Å². The number of rotatable bonds is 2. The normalized spacial score (nSPS) is 24.6. The van der Waals surface area contributed by atoms with Crippen molar-refractivity contribution in [3.05, 3.63) is 23.4 Å². The Labute approximate surface area is 98.7 Å². The molecule has 0 aromatic carbocycles. The highest BCUT2D eigenvalue weighted by molar-refractivity contribution is 7.86. The predicted molar refractivity (Wildman–Crippen MR) is 58.5 cm³/mol. The molecule has 2 rings (SSSR count). The molecule has 0 saturated carbocycles. The lowest BCUT2D eigenvalue weighted by Crippen LogP contribution is -2.22. The van der Waals surface area contributed by atoms with E-state index < -0.39 is 27.8 Å². The lowest BCUT2D eigenvalue weighted by molar-refractivity contribution is -0.131. The van der Waals surface area contributed by atoms with Gasteiger partial charge in [-0.05, 0) is 6.08 Å². The third-order valence-corrected chi connectivity index (χ3v) is 3.16. The monoisotopic (exact) mass is 257 g/mol. The maximum Gasteiger partial charge on any atom is 0.265 e. The van der Waals surface area contributed by atoms with Crippen LogP contribution in [0, 0.1) is 0 Å². The quantitative estimate of drug-likeness (QED) is 0.367. The second-order valence-electron chi connectivity index (χ2n) is 4.03. The van der Waals surface area contributed by atoms with Gasteiger partial charge in [0.25, 0.3) is 10.1 Å². The second kappa shape index (κ2) is 3.78. The van der Waals surface area contributed by atoms with Crippen molar-refractivity contribution < 1.29 is 22.2 Å². The van der Waals surface area contributed by atoms with Gasteiger partial charge in [-0.3, -0.25) is 13.8 Å². The SMILES string of the molecule is CN1CC(OS(C)(=O)=O)C2=CC(=O)C(=O)C=C21. The summed E-state index contributed by atoms with van der Waals surface area (Å²) in [6.45, 7) is 0.297. The number of hydrogen-bond acceptors (Lipinski definition) is 6. The van der Waals surface area contributed by atoms with Crippen LogP contribution in [0.2, 0.25) is 0 Å². The van der Waals surface area contributed by atoms with Crippen molar-refractivity contribution in [2.75, 3.05) is 19.8 Å². The predicted octanol–water partition coefficient (Wildman–Crippen LogP) is -0.761. The van der Waals surface area contributed by atoms with Gasteiger partial charge in [-0.2, -0.15) is 8.42 Å². The van der Waals surface area contributed by atoms with Gasteiger partial charge in [0.15, 0.2) is 0 Å². The minimum absolute atomic E-state index is 0.297. The number of allylic oxidation sites excluding steroid dienone is 2. The van der Waals surface area contributed by atoms with Gasteiger partial charge in [0.1, 0.15) is 6.10 Å². The van der Waals surface area contributed by atoms with Crippen LogP contribution in [0.15, 0.2) is 23.4 Å². The lowest BCUT2D eigenvalue weighted by Gasteiger charge is -2.13. The van der Waals surface area contributed by atoms with E-state index in [0.717, 1.165) is 12.3 Å². The molecule has 1 aliphatic heterocycles. The maximum absolute atomic E-state index is 11.3. The van der Waals surface area contributed by atoms with Gasteiger partial charge >= 0.3 is 0 Å². The first-order valence-corrected chi connectivity index (χ1v) is 6.71. The average molecular weight is 257 g/mol. The number of ketones is 2. The van der Waals surface area contributed by atoms with Crippen LogP contribution in [0.3, 0.4) is 0 Å². The third kappa shape index (κ3) is 2.29. The number of likely N-dealkylation sites (N-methyl/N-ethyl adjacent to an activating group) is 1. The van der Waals surface area contributed by atoms with Crippen LogP contribution in [0.5, 0.6) is 0 Å². The molecule has 0 bridgehead atoms. The second-order valence-corrected chi connectivity index (χ2v) is 5.63. The van der Waals surface area contributed by atoms with Crippen LogP contribution in [0.1, 0.15) is 0 Å². The molecule has 0 radical (unpaired) electrons. The van der Waals surface area contributed by atoms with E-state index in [-0.39, 0.29) is 0 Å². The molecule has 1 heterocycles. The molecule has 7 heteroatoms. The molecule has 0 aromatic heterocycles. The van der Waals surface area contributed by atoms with E-state index in [1.807, 2.05) is 0 Å². The van der Waals surface area contributed by atoms with Crippen LogP contribution < -0.4 is 0 Å². The molecular weight excluding hydrogens is 246 g/mol. The molecule has 1 fully saturated rings. The molecule has 0 N–H and O–H groups in total. The van der Waals surface area contributed by atoms with Crippen LogP contribution in [0.25, 0.3) is 0 Å². The van der Waals surface area contributed by atoms with Crippen molar-refractivity contribution in [2.45, 2.75) is 6.10 Å². The van der Waals surface area contributed by atoms with Crippen molar-refractivity contribution in [3.63, 3.8) is 0 Å². The topological polar surface area (TPSA) is 80.8 Å². The van der Waals surface area contributed by atoms with Crippen molar-refractivity contribution in [2.24, 2.45) is 0 Å². The average Bonchev–Trinajstić information content (AvgIpc) is 2.43. The van der Waals surface area contributed by atoms with Crippen LogP contribution >= 0.6 is 0 Å². The highest BCUT2D eigenvalue weighted by Crippen LogP contribution is 2.31. The lowest BCUT2D eigenvalue weighted by atomic mass is 10.0. The molecule has 1 saturated heterocycles. The molecule has 0 aromatic rings. The summed E-state index contributed by atoms with van der Waals surface area (Å²) in [7, 11) is -1.90. The van der Waals surface area contributed by atoms with Crippen LogP contribution in [0.4, 0.5) is 0 Å². The molecule has 0 amide bonds. The Kier molecular flexibility index (Phi) is 2.67. The fourth-order valence-electron chi connectivity index (χ4n) is 1.89. The van der Waals surface area contributed by atoms with E-state index in [1.165, 1.54) is 6.08 Å². The molecular formula is C10H11NO5S. The Hall–Kier alpha value is -1.47. The number of likely N-dealkylation sites (tertiary alicyclic amines) is 1. The minimum atomic E-state index is -3.60. The van der Waals surface area contributed by atoms with E-state index in [9.17, 15) is 18.0 Å². The van der Waals surface area contributed by atoms with Crippen molar-refractivity contribution in [1.29, 1.82) is 0 Å². The highest BCUT2D eigenvalue weighted by Gasteiger charge is 2.36. The molecule has 6 nitrogen and oxygen atoms in total. The summed E-state index contributed by atoms with van der Waals surface area (Å²) in [5, 5.41) is 0. The first-order valence-electron chi connectivity index (χ1n) is 4.89. The van der Waals surface area contributed by atoms with Gasteiger partial charge in [-0.25, -0.2) is 0 Å². The molecule has 92 valence electrons. The van der Waals surface area contributed by atoms with Crippen molar-refractivity contribution in [3.8, 4) is 0 Å². The third-order valence-electron chi connectivity index (χ3n) is 2.58. The summed E-state index contributed by atoms with van der Waals surface area (Å²) in [4.78, 5) is 24.2. The molecule has 2 aliphatic rings. The molecule has 17 heavy (non-hydrogen) atoms. The number of fused-ring (bicyclic) bond motifs is 1. The molecule has 1 aliphatic carbocycles. The Balaban J connectivity index is 2.36. The molecule has 0 spiro atoms. The fraction of sp³-hybridized carbons (Fsp3) is 0.400. The molecule has 1 unspecified atom stereocenters. The Morgan fingerprint density at radius 2 is 1.88 bits per heavy atom. The van der Waals surface area contributed by atoms with Gasteiger partial charge in [0, 0.05) is 30.9 Å². The summed E-state index contributed by atoms with van der Waals surface area (Å²) < 4.78 is 27.0. The largest absolute Gasteiger partial charge is 0.371 e. The van der Waals surface area contributed by atoms with Crippen LogP contribution in [-0.2, 0) is 23.9 Å². The van der Waals surface area contributed by atoms with Gasteiger partial charge in [-0.1, -0.05) is 0 Å². The van der Waals surface area contributed by atoms with Crippen molar-refractivity contribution in [1.82, 2.24) is 4.90 Å². The molecule has 1 atom stereocenters. The van der Waals surface area contributed by atoms with E-state index in [4.69, 9.17) is 4.18 Å². The number of carbonyl (C=O) groups excluding carboxylic acids is 2. The number of nitrogens with zero attached hydrogens (tertiary/aromatic N) is 1. The van der Waals surface area contributed by atoms with E-state index >= 15 is 0 Å². The van der Waals surface area contributed by atoms with Gasteiger partial charge < -0.3 is 4.90 Å². The zero-order chi connectivity index (χ0) is 12.8. The van der Waals surface area contributed by atoms with Gasteiger partial charge in [-0.15, -0.1) is 0 Å². The first-order chi connectivity index (χ1) is 7.78. The minimum Gasteiger partial charge on any atom is -0.371 e. The zero-order valence-electron chi connectivity index (χ0n) is 9.34. The highest BCUT2D eigenvalue weighted by atomic mass is 32.2. The van der Waals surface area contributed by atoms with E-state index in [1.54, 1.807) is 11.9 Å².